The fourth-order valence-corrected chi connectivity index (χ4v) is 48.7. The van der Waals surface area contributed by atoms with Crippen molar-refractivity contribution in [3.63, 3.8) is 0 Å². The highest BCUT2D eigenvalue weighted by Crippen LogP contribution is 3.04. The van der Waals surface area contributed by atoms with Gasteiger partial charge in [-0.2, -0.15) is 0 Å². The van der Waals surface area contributed by atoms with Crippen LogP contribution in [0.2, 0.25) is 0 Å². The molecule has 1 unspecified atom stereocenters. The summed E-state index contributed by atoms with van der Waals surface area (Å²) in [7, 11) is -1.23. The molecule has 0 amide bonds. The molecule has 1 aliphatic rings. The molecule has 0 spiro atoms. The normalized spacial score (nSPS) is 18.6. The number of halogens is 1. The van der Waals surface area contributed by atoms with Gasteiger partial charge < -0.3 is 19.1 Å². The molecule has 0 radical (unpaired) electrons. The Hall–Kier alpha value is -3.02. The lowest BCUT2D eigenvalue weighted by Crippen LogP contribution is -2.16. The van der Waals surface area contributed by atoms with E-state index in [1.54, 1.807) is 100 Å². The van der Waals surface area contributed by atoms with Crippen LogP contribution in [-0.4, -0.2) is 38.7 Å². The van der Waals surface area contributed by atoms with Gasteiger partial charge in [0, 0.05) is 43.9 Å². The summed E-state index contributed by atoms with van der Waals surface area (Å²) in [5, 5.41) is 11.6. The molecule has 1 N–H and O–H groups in total. The van der Waals surface area contributed by atoms with Gasteiger partial charge in [0.15, 0.2) is 0 Å². The monoisotopic (exact) mass is 843 g/mol. The molecule has 0 bridgehead atoms. The van der Waals surface area contributed by atoms with Gasteiger partial charge in [0.1, 0.15) is 17.3 Å². The molecule has 15 heteroatoms. The van der Waals surface area contributed by atoms with Crippen LogP contribution in [0.25, 0.3) is 16.9 Å². The Bertz CT molecular complexity index is 2280. The minimum Gasteiger partial charge on any atom is -0.508 e. The molecule has 5 aromatic rings. The number of hydrogen-bond acceptors (Lipinski definition) is 10. The van der Waals surface area contributed by atoms with Crippen LogP contribution >= 0.6 is 30.9 Å². The van der Waals surface area contributed by atoms with Crippen LogP contribution in [0.4, 0.5) is 4.39 Å². The average molecular weight is 844 g/mol. The number of aromatic hydroxyl groups is 1. The molecule has 7 nitrogen and oxygen atoms in total. The van der Waals surface area contributed by atoms with Crippen molar-refractivity contribution in [2.45, 2.75) is 44.4 Å². The Morgan fingerprint density at radius 3 is 2.11 bits per heavy atom. The number of nitrogens with zero attached hydrogens (tertiary/aromatic N) is 1. The smallest absolute Gasteiger partial charge is 0.340 e. The largest absolute Gasteiger partial charge is 0.508 e. The Balaban J connectivity index is 1.31. The second kappa shape index (κ2) is 16.8. The van der Waals surface area contributed by atoms with E-state index in [4.69, 9.17) is 33.1 Å². The lowest BCUT2D eigenvalue weighted by Gasteiger charge is -2.40. The molecule has 0 aliphatic carbocycles. The molecule has 1 saturated heterocycles. The number of carbonyl (C=O) groups is 2. The van der Waals surface area contributed by atoms with Gasteiger partial charge >= 0.3 is 11.9 Å². The van der Waals surface area contributed by atoms with E-state index in [-0.39, 0.29) is 24.3 Å². The zero-order chi connectivity index (χ0) is 37.9. The maximum atomic E-state index is 14.6. The molecule has 276 valence electrons. The summed E-state index contributed by atoms with van der Waals surface area (Å²) in [4.78, 5) is 28.3. The highest BCUT2D eigenvalue weighted by atomic mass is 33.7. The maximum absolute atomic E-state index is 14.6. The Kier molecular flexibility index (Phi) is 12.6. The van der Waals surface area contributed by atoms with E-state index in [0.717, 1.165) is 23.5 Å². The first-order valence-electron chi connectivity index (χ1n) is 16.7. The lowest BCUT2D eigenvalue weighted by atomic mass is 10.0. The molecule has 1 atom stereocenters. The highest BCUT2D eigenvalue weighted by molar-refractivity contribution is 9.48. The summed E-state index contributed by atoms with van der Waals surface area (Å²) < 4.78 is 36.2. The van der Waals surface area contributed by atoms with Crippen molar-refractivity contribution in [3.8, 4) is 28.4 Å². The van der Waals surface area contributed by atoms with E-state index < -0.39 is 37.4 Å². The predicted octanol–water partition coefficient (Wildman–Crippen LogP) is 9.58. The predicted molar refractivity (Wildman–Crippen MR) is 225 cm³/mol. The van der Waals surface area contributed by atoms with E-state index in [1.807, 2.05) is 24.3 Å². The van der Waals surface area contributed by atoms with Gasteiger partial charge in [-0.3, -0.25) is 9.00 Å². The minimum absolute atomic E-state index is 0.183. The van der Waals surface area contributed by atoms with Crippen LogP contribution in [0.3, 0.4) is 0 Å². The number of rotatable bonds is 13. The summed E-state index contributed by atoms with van der Waals surface area (Å²) in [5.41, 5.74) is 2.61. The Morgan fingerprint density at radius 1 is 0.906 bits per heavy atom. The second-order valence-corrected chi connectivity index (χ2v) is 34.9. The van der Waals surface area contributed by atoms with Crippen molar-refractivity contribution in [3.05, 3.63) is 120 Å². The molecule has 1 fully saturated rings. The van der Waals surface area contributed by atoms with E-state index in [1.165, 1.54) is 12.1 Å². The number of phenolic OH excluding ortho intramolecular Hbond substituents is 1. The fraction of sp³-hybridized carbons (Fsp3) is 0.211. The fourth-order valence-electron chi connectivity index (χ4n) is 5.90. The third-order valence-corrected chi connectivity index (χ3v) is 40.7. The maximum Gasteiger partial charge on any atom is 0.340 e. The van der Waals surface area contributed by atoms with Crippen LogP contribution < -0.4 is 15.3 Å². The van der Waals surface area contributed by atoms with Crippen molar-refractivity contribution >= 4 is 87.8 Å². The summed E-state index contributed by atoms with van der Waals surface area (Å²) >= 11 is 15.4. The summed E-state index contributed by atoms with van der Waals surface area (Å²) in [6.07, 6.45) is 3.83. The molecular formula is C38H36FNO6P2S5. The first-order chi connectivity index (χ1) is 25.3. The van der Waals surface area contributed by atoms with Crippen molar-refractivity contribution in [2.75, 3.05) is 12.9 Å². The van der Waals surface area contributed by atoms with E-state index >= 15 is 0 Å². The molecule has 2 heterocycles. The number of hydrogen-bond donors (Lipinski definition) is 1. The van der Waals surface area contributed by atoms with Crippen molar-refractivity contribution in [1.29, 1.82) is 0 Å². The molecule has 1 aliphatic heterocycles. The van der Waals surface area contributed by atoms with Crippen LogP contribution in [0, 0.1) is 12.7 Å². The van der Waals surface area contributed by atoms with Crippen molar-refractivity contribution in [1.82, 2.24) is 4.57 Å². The zero-order valence-corrected chi connectivity index (χ0v) is 34.9. The van der Waals surface area contributed by atoms with Gasteiger partial charge in [-0.15, -0.1) is 0 Å². The lowest BCUT2D eigenvalue weighted by molar-refractivity contribution is -0.133. The number of aromatic nitrogens is 1. The van der Waals surface area contributed by atoms with Crippen molar-refractivity contribution in [2.24, 2.45) is 0 Å². The van der Waals surface area contributed by atoms with Gasteiger partial charge in [-0.05, 0) is 103 Å². The van der Waals surface area contributed by atoms with Gasteiger partial charge in [0.25, 0.3) is 0 Å². The summed E-state index contributed by atoms with van der Waals surface area (Å²) in [5.74, 6) is -1.15. The Labute approximate surface area is 328 Å². The molecular weight excluding hydrogens is 808 g/mol. The van der Waals surface area contributed by atoms with Crippen LogP contribution in [0.15, 0.2) is 102 Å². The highest BCUT2D eigenvalue weighted by Gasteiger charge is 2.46. The number of esters is 2. The summed E-state index contributed by atoms with van der Waals surface area (Å²) in [6.45, 7) is 4.03. The van der Waals surface area contributed by atoms with E-state index in [9.17, 15) is 23.3 Å². The van der Waals surface area contributed by atoms with Crippen LogP contribution in [0.5, 0.6) is 11.5 Å². The minimum atomic E-state index is -2.05. The molecule has 1 aromatic heterocycles. The first kappa shape index (κ1) is 39.7. The third-order valence-electron chi connectivity index (χ3n) is 8.55. The van der Waals surface area contributed by atoms with E-state index in [0.29, 0.717) is 45.3 Å². The van der Waals surface area contributed by atoms with Crippen LogP contribution in [0.1, 0.15) is 47.8 Å². The van der Waals surface area contributed by atoms with Crippen LogP contribution in [-0.2, 0) is 50.4 Å². The number of unbranched alkanes of at least 4 members (excludes halogenated alkanes) is 2. The van der Waals surface area contributed by atoms with Crippen molar-refractivity contribution < 1.29 is 32.8 Å². The molecule has 53 heavy (non-hydrogen) atoms. The van der Waals surface area contributed by atoms with E-state index in [2.05, 4.69) is 6.92 Å². The number of phenols is 1. The van der Waals surface area contributed by atoms with Gasteiger partial charge in [0.2, 0.25) is 0 Å². The average Bonchev–Trinajstić information content (AvgIpc) is 3.41. The molecule has 4 aromatic carbocycles. The number of carbonyl (C=O) groups excluding carboxylic acids is 2. The SMILES string of the molecule is CCCCCOC(=O)c1c(CC(=O)Oc2ccc(P3(=S)SP(=S)(c4ccc(O)cc4)S3)cc2)c(C)n(-c2cccc(F)c2)c1-c1ccc(S(C)=O)cc1. The summed E-state index contributed by atoms with van der Waals surface area (Å²) in [6, 6.07) is 27.1. The van der Waals surface area contributed by atoms with Gasteiger partial charge in [-0.25, -0.2) is 9.18 Å². The first-order valence-corrected chi connectivity index (χ1v) is 27.9. The zero-order valence-electron chi connectivity index (χ0n) is 29.0. The van der Waals surface area contributed by atoms with Gasteiger partial charge in [0.05, 0.1) is 33.2 Å². The topological polar surface area (TPSA) is 94.8 Å². The third kappa shape index (κ3) is 8.78. The van der Waals surface area contributed by atoms with Gasteiger partial charge in [-0.1, -0.05) is 83.6 Å². The number of ether oxygens (including phenoxy) is 2. The standard InChI is InChI=1S/C38H36FNO6P2S5/c1-4-5-6-22-45-38(43)36-34(25(2)40(28-9-7-8-27(39)23-28)37(36)26-10-20-33(21-11-26)53(3)44)24-35(42)46-30-14-18-32(19-15-30)48(50)51-47(49,52-48)31-16-12-29(41)13-17-31/h7-21,23,41H,4-6,22,24H2,1-3H3. The molecule has 6 rings (SSSR count). The Morgan fingerprint density at radius 2 is 1.53 bits per heavy atom. The second-order valence-electron chi connectivity index (χ2n) is 12.2. The quantitative estimate of drug-likeness (QED) is 0.0535. The molecule has 0 saturated carbocycles. The number of benzene rings is 4.